The smallest absolute Gasteiger partial charge is 0.243 e. The molecule has 0 aromatic heterocycles. The maximum Gasteiger partial charge on any atom is 0.243 e. The van der Waals surface area contributed by atoms with Crippen LogP contribution in [-0.4, -0.2) is 28.8 Å². The second-order valence-corrected chi connectivity index (χ2v) is 9.26. The first kappa shape index (κ1) is 25.1. The Kier molecular flexibility index (Phi) is 8.76. The summed E-state index contributed by atoms with van der Waals surface area (Å²) in [6.07, 6.45) is 1.34. The Morgan fingerprint density at radius 2 is 1.58 bits per heavy atom. The van der Waals surface area contributed by atoms with Gasteiger partial charge in [0, 0.05) is 34.6 Å². The summed E-state index contributed by atoms with van der Waals surface area (Å²) >= 11 is 12.8. The lowest BCUT2D eigenvalue weighted by Crippen LogP contribution is -2.50. The van der Waals surface area contributed by atoms with Gasteiger partial charge in [0.25, 0.3) is 0 Å². The van der Waals surface area contributed by atoms with Crippen LogP contribution in [0.3, 0.4) is 0 Å². The lowest BCUT2D eigenvalue weighted by atomic mass is 10.00. The van der Waals surface area contributed by atoms with Gasteiger partial charge in [-0.15, -0.1) is 0 Å². The summed E-state index contributed by atoms with van der Waals surface area (Å²) in [6.45, 7) is 5.89. The number of hydrogen-bond donors (Lipinski definition) is 1. The third-order valence-corrected chi connectivity index (χ3v) is 6.40. The number of aryl methyl sites for hydroxylation is 1. The Labute approximate surface area is 205 Å². The van der Waals surface area contributed by atoms with Crippen LogP contribution < -0.4 is 5.32 Å². The maximum atomic E-state index is 13.5. The van der Waals surface area contributed by atoms with Crippen LogP contribution in [0, 0.1) is 0 Å². The van der Waals surface area contributed by atoms with E-state index < -0.39 is 6.04 Å². The summed E-state index contributed by atoms with van der Waals surface area (Å²) in [5.74, 6) is -0.279. The van der Waals surface area contributed by atoms with Crippen molar-refractivity contribution in [3.8, 4) is 0 Å². The Balaban J connectivity index is 1.88. The van der Waals surface area contributed by atoms with Crippen molar-refractivity contribution < 1.29 is 9.59 Å². The van der Waals surface area contributed by atoms with Crippen molar-refractivity contribution in [2.75, 3.05) is 0 Å². The summed E-state index contributed by atoms with van der Waals surface area (Å²) in [5.41, 5.74) is 1.76. The Morgan fingerprint density at radius 1 is 0.939 bits per heavy atom. The standard InChI is InChI=1S/C27H30Cl2N2O2/c1-4-25(27(33)30-18(2)3)31(17-22-23(28)13-8-14-24(22)29)26(32)16-15-20-11-7-10-19-9-5-6-12-21(19)20/h5-14,18,25H,4,15-17H2,1-3H3,(H,30,33)/t25-/m1/s1. The fourth-order valence-corrected chi connectivity index (χ4v) is 4.57. The van der Waals surface area contributed by atoms with Gasteiger partial charge in [-0.2, -0.15) is 0 Å². The monoisotopic (exact) mass is 484 g/mol. The van der Waals surface area contributed by atoms with Crippen LogP contribution in [0.25, 0.3) is 10.8 Å². The number of carbonyl (C=O) groups excluding carboxylic acids is 2. The Hall–Kier alpha value is -2.56. The molecule has 2 amide bonds. The predicted molar refractivity (Wildman–Crippen MR) is 137 cm³/mol. The van der Waals surface area contributed by atoms with Gasteiger partial charge in [-0.25, -0.2) is 0 Å². The van der Waals surface area contributed by atoms with Gasteiger partial charge < -0.3 is 10.2 Å². The molecule has 0 unspecified atom stereocenters. The van der Waals surface area contributed by atoms with Gasteiger partial charge in [0.2, 0.25) is 11.8 Å². The Morgan fingerprint density at radius 3 is 2.24 bits per heavy atom. The van der Waals surface area contributed by atoms with E-state index >= 15 is 0 Å². The molecule has 0 fully saturated rings. The maximum absolute atomic E-state index is 13.5. The molecule has 0 aliphatic heterocycles. The predicted octanol–water partition coefficient (Wildman–Crippen LogP) is 6.41. The molecule has 0 radical (unpaired) electrons. The number of fused-ring (bicyclic) bond motifs is 1. The van der Waals surface area contributed by atoms with E-state index in [0.29, 0.717) is 28.5 Å². The van der Waals surface area contributed by atoms with Crippen molar-refractivity contribution in [3.63, 3.8) is 0 Å². The quantitative estimate of drug-likeness (QED) is 0.381. The fourth-order valence-electron chi connectivity index (χ4n) is 4.05. The van der Waals surface area contributed by atoms with Crippen LogP contribution in [0.2, 0.25) is 10.0 Å². The lowest BCUT2D eigenvalue weighted by Gasteiger charge is -2.32. The molecule has 0 saturated carbocycles. The molecular formula is C27H30Cl2N2O2. The van der Waals surface area contributed by atoms with Crippen molar-refractivity contribution in [1.82, 2.24) is 10.2 Å². The zero-order valence-electron chi connectivity index (χ0n) is 19.3. The Bertz CT molecular complexity index is 1100. The van der Waals surface area contributed by atoms with Crippen molar-refractivity contribution >= 4 is 45.8 Å². The first-order valence-corrected chi connectivity index (χ1v) is 12.1. The van der Waals surface area contributed by atoms with Gasteiger partial charge >= 0.3 is 0 Å². The number of benzene rings is 3. The van der Waals surface area contributed by atoms with E-state index in [-0.39, 0.29) is 30.8 Å². The minimum atomic E-state index is -0.611. The normalized spacial score (nSPS) is 12.1. The van der Waals surface area contributed by atoms with Crippen LogP contribution in [0.15, 0.2) is 60.7 Å². The van der Waals surface area contributed by atoms with Gasteiger partial charge in [-0.1, -0.05) is 78.7 Å². The summed E-state index contributed by atoms with van der Waals surface area (Å²) in [5, 5.41) is 6.18. The highest BCUT2D eigenvalue weighted by Gasteiger charge is 2.29. The molecule has 0 aliphatic rings. The van der Waals surface area contributed by atoms with Crippen LogP contribution in [-0.2, 0) is 22.6 Å². The largest absolute Gasteiger partial charge is 0.352 e. The van der Waals surface area contributed by atoms with Crippen LogP contribution in [0.4, 0.5) is 0 Å². The lowest BCUT2D eigenvalue weighted by molar-refractivity contribution is -0.141. The first-order valence-electron chi connectivity index (χ1n) is 11.3. The zero-order valence-corrected chi connectivity index (χ0v) is 20.8. The molecule has 0 aliphatic carbocycles. The highest BCUT2D eigenvalue weighted by molar-refractivity contribution is 6.36. The number of nitrogens with one attached hydrogen (secondary N) is 1. The minimum absolute atomic E-state index is 0.0249. The molecule has 3 aromatic carbocycles. The molecule has 0 heterocycles. The van der Waals surface area contributed by atoms with E-state index in [1.54, 1.807) is 23.1 Å². The highest BCUT2D eigenvalue weighted by Crippen LogP contribution is 2.28. The molecule has 3 rings (SSSR count). The summed E-state index contributed by atoms with van der Waals surface area (Å²) in [4.78, 5) is 28.1. The summed E-state index contributed by atoms with van der Waals surface area (Å²) in [6, 6.07) is 18.9. The van der Waals surface area contributed by atoms with E-state index in [1.165, 1.54) is 0 Å². The molecule has 6 heteroatoms. The van der Waals surface area contributed by atoms with E-state index in [9.17, 15) is 9.59 Å². The van der Waals surface area contributed by atoms with E-state index in [0.717, 1.165) is 16.3 Å². The second kappa shape index (κ2) is 11.5. The van der Waals surface area contributed by atoms with Crippen LogP contribution in [0.1, 0.15) is 44.7 Å². The molecule has 0 bridgehead atoms. The van der Waals surface area contributed by atoms with Gasteiger partial charge in [0.05, 0.1) is 0 Å². The average molecular weight is 485 g/mol. The van der Waals surface area contributed by atoms with E-state index in [1.807, 2.05) is 45.0 Å². The highest BCUT2D eigenvalue weighted by atomic mass is 35.5. The third kappa shape index (κ3) is 6.27. The number of carbonyl (C=O) groups is 2. The molecule has 0 spiro atoms. The molecule has 174 valence electrons. The SMILES string of the molecule is CC[C@H](C(=O)NC(C)C)N(Cc1c(Cl)cccc1Cl)C(=O)CCc1cccc2ccccc12. The number of halogens is 2. The first-order chi connectivity index (χ1) is 15.8. The number of hydrogen-bond acceptors (Lipinski definition) is 2. The molecule has 1 atom stereocenters. The summed E-state index contributed by atoms with van der Waals surface area (Å²) < 4.78 is 0. The zero-order chi connectivity index (χ0) is 24.0. The fraction of sp³-hybridized carbons (Fsp3) is 0.333. The number of nitrogens with zero attached hydrogens (tertiary/aromatic N) is 1. The van der Waals surface area contributed by atoms with Gasteiger partial charge in [-0.05, 0) is 55.2 Å². The third-order valence-electron chi connectivity index (χ3n) is 5.70. The number of rotatable bonds is 9. The van der Waals surface area contributed by atoms with Gasteiger partial charge in [0.15, 0.2) is 0 Å². The van der Waals surface area contributed by atoms with Crippen LogP contribution in [0.5, 0.6) is 0 Å². The van der Waals surface area contributed by atoms with Crippen LogP contribution >= 0.6 is 23.2 Å². The number of amides is 2. The molecule has 4 nitrogen and oxygen atoms in total. The minimum Gasteiger partial charge on any atom is -0.352 e. The molecule has 33 heavy (non-hydrogen) atoms. The van der Waals surface area contributed by atoms with Crippen molar-refractivity contribution in [1.29, 1.82) is 0 Å². The topological polar surface area (TPSA) is 49.4 Å². The average Bonchev–Trinajstić information content (AvgIpc) is 2.78. The molecule has 0 saturated heterocycles. The second-order valence-electron chi connectivity index (χ2n) is 8.45. The van der Waals surface area contributed by atoms with E-state index in [4.69, 9.17) is 23.2 Å². The van der Waals surface area contributed by atoms with Crippen molar-refractivity contribution in [2.24, 2.45) is 0 Å². The molecule has 1 N–H and O–H groups in total. The summed E-state index contributed by atoms with van der Waals surface area (Å²) in [7, 11) is 0. The van der Waals surface area contributed by atoms with Crippen molar-refractivity contribution in [2.45, 2.75) is 58.7 Å². The van der Waals surface area contributed by atoms with E-state index in [2.05, 4.69) is 23.5 Å². The van der Waals surface area contributed by atoms with Gasteiger partial charge in [-0.3, -0.25) is 9.59 Å². The van der Waals surface area contributed by atoms with Crippen molar-refractivity contribution in [3.05, 3.63) is 81.8 Å². The molecule has 3 aromatic rings. The van der Waals surface area contributed by atoms with Gasteiger partial charge in [0.1, 0.15) is 6.04 Å². The molecular weight excluding hydrogens is 455 g/mol.